The van der Waals surface area contributed by atoms with Crippen molar-refractivity contribution in [1.29, 1.82) is 0 Å². The second kappa shape index (κ2) is 10.1. The van der Waals surface area contributed by atoms with Gasteiger partial charge in [-0.3, -0.25) is 8.75 Å². The van der Waals surface area contributed by atoms with Crippen molar-refractivity contribution in [3.05, 3.63) is 54.4 Å². The summed E-state index contributed by atoms with van der Waals surface area (Å²) in [5.74, 6) is 1.99. The lowest BCUT2D eigenvalue weighted by atomic mass is 10.1. The van der Waals surface area contributed by atoms with E-state index in [9.17, 15) is 8.42 Å². The van der Waals surface area contributed by atoms with E-state index in [0.717, 1.165) is 28.8 Å². The molecule has 0 amide bonds. The average Bonchev–Trinajstić information content (AvgIpc) is 3.39. The van der Waals surface area contributed by atoms with E-state index in [-0.39, 0.29) is 12.4 Å². The Balaban J connectivity index is 0.000000186. The molecule has 32 heavy (non-hydrogen) atoms. The van der Waals surface area contributed by atoms with Gasteiger partial charge in [-0.25, -0.2) is 9.97 Å². The van der Waals surface area contributed by atoms with Crippen LogP contribution in [0.4, 0.5) is 5.95 Å². The summed E-state index contributed by atoms with van der Waals surface area (Å²) in [4.78, 5) is 11.9. The molecule has 0 saturated carbocycles. The fraction of sp³-hybridized carbons (Fsp3) is 0.263. The highest BCUT2D eigenvalue weighted by molar-refractivity contribution is 7.85. The molecule has 0 atom stereocenters. The van der Waals surface area contributed by atoms with Gasteiger partial charge in [0, 0.05) is 32.1 Å². The first-order chi connectivity index (χ1) is 15.3. The van der Waals surface area contributed by atoms with Gasteiger partial charge in [-0.1, -0.05) is 22.9 Å². The number of nitrogens with zero attached hydrogens (tertiary/aromatic N) is 7. The molecule has 0 fully saturated rings. The van der Waals surface area contributed by atoms with Crippen molar-refractivity contribution in [3.63, 3.8) is 0 Å². The summed E-state index contributed by atoms with van der Waals surface area (Å²) in [7, 11) is 0.178. The topological polar surface area (TPSA) is 151 Å². The highest BCUT2D eigenvalue weighted by atomic mass is 32.2. The molecule has 0 aliphatic carbocycles. The number of anilines is 1. The number of hydrogen-bond acceptors (Lipinski definition) is 11. The third-order valence-corrected chi connectivity index (χ3v) is 4.60. The Kier molecular flexibility index (Phi) is 7.22. The first-order valence-electron chi connectivity index (χ1n) is 9.33. The van der Waals surface area contributed by atoms with Gasteiger partial charge in [-0.15, -0.1) is 10.2 Å². The van der Waals surface area contributed by atoms with Crippen LogP contribution in [-0.2, 0) is 28.0 Å². The van der Waals surface area contributed by atoms with Crippen LogP contribution in [0.3, 0.4) is 0 Å². The van der Waals surface area contributed by atoms with Crippen LogP contribution >= 0.6 is 0 Å². The summed E-state index contributed by atoms with van der Waals surface area (Å²) in [6.07, 6.45) is 5.86. The monoisotopic (exact) mass is 458 g/mol. The van der Waals surface area contributed by atoms with Crippen LogP contribution in [-0.4, -0.2) is 56.6 Å². The molecule has 0 aliphatic rings. The van der Waals surface area contributed by atoms with Gasteiger partial charge in [-0.05, 0) is 19.1 Å². The van der Waals surface area contributed by atoms with Crippen molar-refractivity contribution in [2.75, 3.05) is 18.6 Å². The Bertz CT molecular complexity index is 1270. The van der Waals surface area contributed by atoms with Gasteiger partial charge >= 0.3 is 0 Å². The van der Waals surface area contributed by atoms with Gasteiger partial charge in [0.25, 0.3) is 16.0 Å². The molecule has 3 heterocycles. The first-order valence-corrected chi connectivity index (χ1v) is 11.1. The molecule has 0 aliphatic heterocycles. The molecule has 1 N–H and O–H groups in total. The molecule has 0 unspecified atom stereocenters. The van der Waals surface area contributed by atoms with Crippen LogP contribution in [0.5, 0.6) is 0 Å². The van der Waals surface area contributed by atoms with Crippen molar-refractivity contribution in [1.82, 2.24) is 34.9 Å². The molecule has 0 saturated heterocycles. The summed E-state index contributed by atoms with van der Waals surface area (Å²) in [5, 5.41) is 14.6. The Morgan fingerprint density at radius 3 is 2.53 bits per heavy atom. The number of aromatic nitrogens is 7. The molecule has 0 spiro atoms. The number of nitrogens with one attached hydrogen (secondary N) is 1. The number of hydrogen-bond donors (Lipinski definition) is 1. The Morgan fingerprint density at radius 2 is 1.91 bits per heavy atom. The molecule has 0 bridgehead atoms. The molecule has 168 valence electrons. The van der Waals surface area contributed by atoms with E-state index in [2.05, 4.69) is 39.8 Å². The van der Waals surface area contributed by atoms with Crippen LogP contribution in [0, 0.1) is 6.92 Å². The largest absolute Gasteiger partial charge is 0.357 e. The van der Waals surface area contributed by atoms with E-state index >= 15 is 0 Å². The van der Waals surface area contributed by atoms with Crippen molar-refractivity contribution < 1.29 is 17.1 Å². The van der Waals surface area contributed by atoms with Crippen LogP contribution in [0.15, 0.2) is 47.5 Å². The lowest BCUT2D eigenvalue weighted by Gasteiger charge is -2.01. The predicted molar refractivity (Wildman–Crippen MR) is 116 cm³/mol. The highest BCUT2D eigenvalue weighted by Crippen LogP contribution is 2.18. The van der Waals surface area contributed by atoms with Crippen LogP contribution < -0.4 is 5.32 Å². The van der Waals surface area contributed by atoms with Gasteiger partial charge in [0.05, 0.1) is 11.8 Å². The second-order valence-corrected chi connectivity index (χ2v) is 8.28. The summed E-state index contributed by atoms with van der Waals surface area (Å²) in [5.41, 5.74) is 2.71. The SMILES string of the molecule is CNc1nnc(-c2cncnc2)n1C.Cc1cccc(-c2nc(COS(C)(=O)=O)no2)c1. The fourth-order valence-corrected chi connectivity index (χ4v) is 2.90. The smallest absolute Gasteiger partial charge is 0.264 e. The van der Waals surface area contributed by atoms with Crippen molar-refractivity contribution in [3.8, 4) is 22.8 Å². The molecule has 12 nitrogen and oxygen atoms in total. The highest BCUT2D eigenvalue weighted by Gasteiger charge is 2.11. The standard InChI is InChI=1S/C11H12N2O4S.C8H10N6/c1-8-4-3-5-9(6-8)11-12-10(13-17-11)7-16-18(2,14)15;1-9-8-13-12-7(14(8)2)6-3-10-5-11-4-6/h3-6H,7H2,1-2H3;3-5H,1-2H3,(H,9,13). The molecular weight excluding hydrogens is 436 g/mol. The van der Waals surface area contributed by atoms with Gasteiger partial charge in [0.15, 0.2) is 11.6 Å². The van der Waals surface area contributed by atoms with Crippen LogP contribution in [0.25, 0.3) is 22.8 Å². The van der Waals surface area contributed by atoms with E-state index in [1.807, 2.05) is 42.8 Å². The lowest BCUT2D eigenvalue weighted by Crippen LogP contribution is -2.03. The number of benzene rings is 1. The predicted octanol–water partition coefficient (Wildman–Crippen LogP) is 1.84. The second-order valence-electron chi connectivity index (χ2n) is 6.63. The fourth-order valence-electron chi connectivity index (χ4n) is 2.58. The molecule has 0 radical (unpaired) electrons. The van der Waals surface area contributed by atoms with Gasteiger partial charge in [0.2, 0.25) is 5.95 Å². The van der Waals surface area contributed by atoms with E-state index in [4.69, 9.17) is 4.52 Å². The maximum atomic E-state index is 10.8. The van der Waals surface area contributed by atoms with Crippen molar-refractivity contribution in [2.45, 2.75) is 13.5 Å². The summed E-state index contributed by atoms with van der Waals surface area (Å²) >= 11 is 0. The molecule has 4 rings (SSSR count). The zero-order valence-corrected chi connectivity index (χ0v) is 18.7. The van der Waals surface area contributed by atoms with Crippen LogP contribution in [0.2, 0.25) is 0 Å². The zero-order chi connectivity index (χ0) is 23.1. The Hall–Kier alpha value is -3.71. The van der Waals surface area contributed by atoms with Gasteiger partial charge < -0.3 is 9.84 Å². The van der Waals surface area contributed by atoms with E-state index in [0.29, 0.717) is 11.8 Å². The minimum absolute atomic E-state index is 0.192. The first kappa shape index (κ1) is 23.0. The summed E-state index contributed by atoms with van der Waals surface area (Å²) < 4.78 is 33.1. The number of aryl methyl sites for hydroxylation is 1. The quantitative estimate of drug-likeness (QED) is 0.421. The average molecular weight is 459 g/mol. The van der Waals surface area contributed by atoms with E-state index < -0.39 is 10.1 Å². The Morgan fingerprint density at radius 1 is 1.16 bits per heavy atom. The molecule has 3 aromatic heterocycles. The number of rotatable bonds is 6. The maximum absolute atomic E-state index is 10.8. The van der Waals surface area contributed by atoms with Gasteiger partial charge in [0.1, 0.15) is 12.9 Å². The normalized spacial score (nSPS) is 11.0. The molecule has 1 aromatic carbocycles. The van der Waals surface area contributed by atoms with Crippen LogP contribution in [0.1, 0.15) is 11.4 Å². The third-order valence-electron chi connectivity index (χ3n) is 4.05. The summed E-state index contributed by atoms with van der Waals surface area (Å²) in [6, 6.07) is 7.56. The molecule has 13 heteroatoms. The maximum Gasteiger partial charge on any atom is 0.264 e. The molecular formula is C19H22N8O4S. The minimum Gasteiger partial charge on any atom is -0.357 e. The van der Waals surface area contributed by atoms with Gasteiger partial charge in [-0.2, -0.15) is 13.4 Å². The van der Waals surface area contributed by atoms with E-state index in [1.54, 1.807) is 19.4 Å². The zero-order valence-electron chi connectivity index (χ0n) is 17.9. The Labute approximate surface area is 184 Å². The minimum atomic E-state index is -3.51. The van der Waals surface area contributed by atoms with Crippen molar-refractivity contribution >= 4 is 16.1 Å². The third kappa shape index (κ3) is 6.15. The van der Waals surface area contributed by atoms with E-state index in [1.165, 1.54) is 6.33 Å². The summed E-state index contributed by atoms with van der Waals surface area (Å²) in [6.45, 7) is 1.72. The molecule has 4 aromatic rings. The lowest BCUT2D eigenvalue weighted by molar-refractivity contribution is 0.293. The van der Waals surface area contributed by atoms with Crippen molar-refractivity contribution in [2.24, 2.45) is 7.05 Å².